The van der Waals surface area contributed by atoms with Crippen molar-refractivity contribution in [3.8, 4) is 11.5 Å². The summed E-state index contributed by atoms with van der Waals surface area (Å²) in [6.07, 6.45) is -9.95. The van der Waals surface area contributed by atoms with E-state index in [-0.39, 0.29) is 76.4 Å². The van der Waals surface area contributed by atoms with Gasteiger partial charge in [-0.2, -0.15) is 43.2 Å². The van der Waals surface area contributed by atoms with Crippen molar-refractivity contribution in [2.45, 2.75) is 147 Å². The third-order valence-electron chi connectivity index (χ3n) is 10.7. The van der Waals surface area contributed by atoms with Gasteiger partial charge < -0.3 is 9.47 Å². The molecule has 0 saturated carbocycles. The fraction of sp³-hybridized carbons (Fsp3) is 0.469. The molecule has 0 radical (unpaired) electrons. The number of halogens is 6. The molecule has 4 aromatic carbocycles. The van der Waals surface area contributed by atoms with Crippen LogP contribution in [-0.4, -0.2) is 53.8 Å². The zero-order chi connectivity index (χ0) is 50.4. The van der Waals surface area contributed by atoms with E-state index in [9.17, 15) is 43.2 Å². The van der Waals surface area contributed by atoms with E-state index in [1.807, 2.05) is 27.7 Å². The van der Waals surface area contributed by atoms with Crippen molar-refractivity contribution in [3.63, 3.8) is 0 Å². The molecule has 0 fully saturated rings. The Hall–Kier alpha value is -5.10. The number of oxime groups is 2. The molecule has 4 rings (SSSR count). The first-order chi connectivity index (χ1) is 31.0. The van der Waals surface area contributed by atoms with E-state index in [1.54, 1.807) is 79.7 Å². The van der Waals surface area contributed by atoms with Crippen LogP contribution < -0.4 is 9.47 Å². The fourth-order valence-electron chi connectivity index (χ4n) is 7.00. The third-order valence-corrected chi connectivity index (χ3v) is 13.2. The topological polar surface area (TPSA) is 130 Å². The molecule has 368 valence electrons. The van der Waals surface area contributed by atoms with Crippen molar-refractivity contribution in [2.24, 2.45) is 10.3 Å². The van der Waals surface area contributed by atoms with Gasteiger partial charge in [-0.05, 0) is 117 Å². The lowest BCUT2D eigenvalue weighted by Crippen LogP contribution is -2.25. The first kappa shape index (κ1) is 54.5. The van der Waals surface area contributed by atoms with Crippen molar-refractivity contribution < 1.29 is 61.2 Å². The van der Waals surface area contributed by atoms with E-state index in [0.29, 0.717) is 22.3 Å². The van der Waals surface area contributed by atoms with E-state index in [1.165, 1.54) is 24.3 Å². The molecule has 10 nitrogen and oxygen atoms in total. The number of hydrogen-bond donors (Lipinski definition) is 0. The minimum Gasteiger partial charge on any atom is -0.493 e. The summed E-state index contributed by atoms with van der Waals surface area (Å²) < 4.78 is 161. The lowest BCUT2D eigenvalue weighted by atomic mass is 9.89. The fourth-order valence-corrected chi connectivity index (χ4v) is 9.82. The molecule has 0 atom stereocenters. The average Bonchev–Trinajstić information content (AvgIpc) is 3.22. The molecule has 0 saturated heterocycles. The van der Waals surface area contributed by atoms with Crippen LogP contribution in [-0.2, 0) is 28.8 Å². The Bertz CT molecular complexity index is 2380. The van der Waals surface area contributed by atoms with E-state index < -0.39 is 55.1 Å². The summed E-state index contributed by atoms with van der Waals surface area (Å²) in [4.78, 5) is -0.413. The van der Waals surface area contributed by atoms with Gasteiger partial charge in [0.1, 0.15) is 21.3 Å². The van der Waals surface area contributed by atoms with Gasteiger partial charge in [0.05, 0.1) is 13.2 Å². The van der Waals surface area contributed by atoms with Gasteiger partial charge in [-0.25, -0.2) is 0 Å². The highest BCUT2D eigenvalue weighted by atomic mass is 32.2. The highest BCUT2D eigenvalue weighted by Gasteiger charge is 2.40. The largest absolute Gasteiger partial charge is 0.493 e. The minimum absolute atomic E-state index is 0.0267. The quantitative estimate of drug-likeness (QED) is 0.0370. The van der Waals surface area contributed by atoms with E-state index in [0.717, 1.165) is 35.4 Å². The molecule has 0 aliphatic rings. The molecule has 0 N–H and O–H groups in total. The SMILES string of the molecule is CC(C)c1cc(C(C)C)c(S(=O)(=O)O/N=C(/c2ccc(OCCCOc3ccc(/C(=N/OS(=O)(=O)c4c(C(C)C)cc(C(C)C)cc4C(C)C)C(F)(F)F)cc3)cc2)C(F)(F)F)c(C(C)C)c1. The van der Waals surface area contributed by atoms with Gasteiger partial charge in [0, 0.05) is 17.5 Å². The van der Waals surface area contributed by atoms with E-state index in [2.05, 4.69) is 10.3 Å². The summed E-state index contributed by atoms with van der Waals surface area (Å²) in [6.45, 7) is 22.2. The maximum atomic E-state index is 14.3. The standard InChI is InChI=1S/C49H60F6N2O8S2/c1-28(2)36-24-40(30(5)6)44(41(25-36)31(7)8)66(58,59)64-56-46(48(50,51)52)34-14-18-38(19-15-34)62-22-13-23-63-39-20-16-35(17-21-39)47(49(53,54)55)57-65-67(60,61)45-42(32(9)10)26-37(29(3)4)27-43(45)33(11)12/h14-21,24-33H,13,22-23H2,1-12H3/b56-46-,57-47-. The Balaban J connectivity index is 1.43. The second-order valence-corrected chi connectivity index (χ2v) is 20.9. The molecule has 0 spiro atoms. The van der Waals surface area contributed by atoms with Crippen LogP contribution in [0.3, 0.4) is 0 Å². The van der Waals surface area contributed by atoms with Crippen LogP contribution in [0, 0.1) is 0 Å². The van der Waals surface area contributed by atoms with Gasteiger partial charge >= 0.3 is 32.6 Å². The first-order valence-corrected chi connectivity index (χ1v) is 24.8. The Labute approximate surface area is 391 Å². The zero-order valence-electron chi connectivity index (χ0n) is 39.8. The molecular formula is C49H60F6N2O8S2. The molecule has 0 amide bonds. The van der Waals surface area contributed by atoms with Gasteiger partial charge in [-0.1, -0.05) is 118 Å². The van der Waals surface area contributed by atoms with Crippen molar-refractivity contribution in [3.05, 3.63) is 117 Å². The van der Waals surface area contributed by atoms with Gasteiger partial charge in [0.15, 0.2) is 11.4 Å². The second-order valence-electron chi connectivity index (χ2n) is 18.0. The highest BCUT2D eigenvalue weighted by molar-refractivity contribution is 7.87. The normalized spacial score (nSPS) is 13.4. The Kier molecular flexibility index (Phi) is 17.8. The van der Waals surface area contributed by atoms with Crippen LogP contribution in [0.4, 0.5) is 26.3 Å². The summed E-state index contributed by atoms with van der Waals surface area (Å²) in [5.41, 5.74) is -0.682. The van der Waals surface area contributed by atoms with Gasteiger partial charge in [-0.15, -0.1) is 0 Å². The molecule has 0 bridgehead atoms. The number of rotatable bonds is 20. The van der Waals surface area contributed by atoms with Crippen molar-refractivity contribution in [1.29, 1.82) is 0 Å². The molecule has 67 heavy (non-hydrogen) atoms. The van der Waals surface area contributed by atoms with Crippen LogP contribution in [0.15, 0.2) is 92.9 Å². The Morgan fingerprint density at radius 1 is 0.463 bits per heavy atom. The van der Waals surface area contributed by atoms with Crippen LogP contribution in [0.2, 0.25) is 0 Å². The Morgan fingerprint density at radius 3 is 0.955 bits per heavy atom. The molecular weight excluding hydrogens is 923 g/mol. The van der Waals surface area contributed by atoms with Crippen molar-refractivity contribution >= 4 is 31.7 Å². The Morgan fingerprint density at radius 2 is 0.731 bits per heavy atom. The maximum absolute atomic E-state index is 14.3. The first-order valence-electron chi connectivity index (χ1n) is 22.0. The molecule has 4 aromatic rings. The molecule has 18 heteroatoms. The number of alkyl halides is 6. The monoisotopic (exact) mass is 982 g/mol. The number of ether oxygens (including phenoxy) is 2. The second kappa shape index (κ2) is 21.9. The molecule has 0 aliphatic heterocycles. The predicted octanol–water partition coefficient (Wildman–Crippen LogP) is 13.6. The predicted molar refractivity (Wildman–Crippen MR) is 248 cm³/mol. The molecule has 0 aromatic heterocycles. The smallest absolute Gasteiger partial charge is 0.437 e. The van der Waals surface area contributed by atoms with Crippen molar-refractivity contribution in [1.82, 2.24) is 0 Å². The van der Waals surface area contributed by atoms with Gasteiger partial charge in [0.25, 0.3) is 0 Å². The third kappa shape index (κ3) is 14.0. The number of hydrogen-bond acceptors (Lipinski definition) is 10. The average molecular weight is 983 g/mol. The van der Waals surface area contributed by atoms with Crippen LogP contribution >= 0.6 is 0 Å². The van der Waals surface area contributed by atoms with E-state index in [4.69, 9.17) is 18.0 Å². The highest BCUT2D eigenvalue weighted by Crippen LogP contribution is 2.38. The summed E-state index contributed by atoms with van der Waals surface area (Å²) in [5, 5.41) is 6.30. The van der Waals surface area contributed by atoms with E-state index >= 15 is 0 Å². The maximum Gasteiger partial charge on any atom is 0.437 e. The molecule has 0 heterocycles. The minimum atomic E-state index is -5.10. The molecule has 0 unspecified atom stereocenters. The number of benzene rings is 4. The molecule has 0 aliphatic carbocycles. The van der Waals surface area contributed by atoms with Crippen LogP contribution in [0.1, 0.15) is 170 Å². The van der Waals surface area contributed by atoms with Crippen LogP contribution in [0.25, 0.3) is 0 Å². The van der Waals surface area contributed by atoms with Crippen molar-refractivity contribution in [2.75, 3.05) is 13.2 Å². The van der Waals surface area contributed by atoms with Gasteiger partial charge in [0.2, 0.25) is 0 Å². The van der Waals surface area contributed by atoms with Crippen LogP contribution in [0.5, 0.6) is 11.5 Å². The summed E-state index contributed by atoms with van der Waals surface area (Å²) in [5.74, 6) is -0.699. The number of nitrogens with zero attached hydrogens (tertiary/aromatic N) is 2. The summed E-state index contributed by atoms with van der Waals surface area (Å²) in [6, 6.07) is 16.1. The summed E-state index contributed by atoms with van der Waals surface area (Å²) in [7, 11) is -9.60. The lowest BCUT2D eigenvalue weighted by Gasteiger charge is -2.21. The zero-order valence-corrected chi connectivity index (χ0v) is 41.4. The van der Waals surface area contributed by atoms with Gasteiger partial charge in [-0.3, -0.25) is 8.57 Å². The summed E-state index contributed by atoms with van der Waals surface area (Å²) >= 11 is 0. The lowest BCUT2D eigenvalue weighted by molar-refractivity contribution is -0.0606.